The fourth-order valence-corrected chi connectivity index (χ4v) is 3.08. The first-order chi connectivity index (χ1) is 12.4. The highest BCUT2D eigenvalue weighted by Gasteiger charge is 2.34. The van der Waals surface area contributed by atoms with E-state index >= 15 is 0 Å². The van der Waals surface area contributed by atoms with Crippen molar-refractivity contribution in [3.8, 4) is 11.1 Å². The Morgan fingerprint density at radius 1 is 1.19 bits per heavy atom. The van der Waals surface area contributed by atoms with E-state index in [-0.39, 0.29) is 5.92 Å². The molecular formula is C21H23N3O2. The maximum atomic E-state index is 11.4. The molecule has 5 nitrogen and oxygen atoms in total. The molecule has 26 heavy (non-hydrogen) atoms. The van der Waals surface area contributed by atoms with E-state index in [1.54, 1.807) is 24.7 Å². The van der Waals surface area contributed by atoms with Gasteiger partial charge in [0.2, 0.25) is 5.91 Å². The molecule has 0 spiro atoms. The van der Waals surface area contributed by atoms with E-state index in [9.17, 15) is 9.90 Å². The van der Waals surface area contributed by atoms with Crippen LogP contribution in [0.25, 0.3) is 11.1 Å². The summed E-state index contributed by atoms with van der Waals surface area (Å²) < 4.78 is 0. The van der Waals surface area contributed by atoms with Crippen LogP contribution in [0.5, 0.6) is 0 Å². The number of rotatable bonds is 6. The van der Waals surface area contributed by atoms with Gasteiger partial charge in [0.05, 0.1) is 18.2 Å². The molecular weight excluding hydrogens is 326 g/mol. The molecule has 1 atom stereocenters. The number of carbonyl (C=O) groups is 1. The van der Waals surface area contributed by atoms with Gasteiger partial charge in [0.15, 0.2) is 0 Å². The van der Waals surface area contributed by atoms with Crippen LogP contribution in [0, 0.1) is 5.92 Å². The number of aromatic nitrogens is 2. The molecule has 0 radical (unpaired) electrons. The van der Waals surface area contributed by atoms with E-state index < -0.39 is 11.5 Å². The number of aliphatic hydroxyl groups is 1. The summed E-state index contributed by atoms with van der Waals surface area (Å²) in [4.78, 5) is 18.4. The van der Waals surface area contributed by atoms with Gasteiger partial charge in [0.25, 0.3) is 0 Å². The summed E-state index contributed by atoms with van der Waals surface area (Å²) in [6.45, 7) is 3.98. The Labute approximate surface area is 152 Å². The maximum absolute atomic E-state index is 11.4. The maximum Gasteiger partial charge on any atom is 0.248 e. The van der Waals surface area contributed by atoms with Crippen molar-refractivity contribution in [1.82, 2.24) is 9.97 Å². The monoisotopic (exact) mass is 349 g/mol. The van der Waals surface area contributed by atoms with Crippen LogP contribution in [0.15, 0.2) is 61.1 Å². The third-order valence-electron chi connectivity index (χ3n) is 4.83. The highest BCUT2D eigenvalue weighted by Crippen LogP contribution is 2.32. The Balaban J connectivity index is 1.86. The van der Waals surface area contributed by atoms with Crippen LogP contribution in [0.2, 0.25) is 0 Å². The Morgan fingerprint density at radius 2 is 1.92 bits per heavy atom. The third kappa shape index (κ3) is 3.53. The highest BCUT2D eigenvalue weighted by atomic mass is 16.3. The van der Waals surface area contributed by atoms with Crippen LogP contribution in [0.1, 0.15) is 35.5 Å². The van der Waals surface area contributed by atoms with Crippen molar-refractivity contribution < 1.29 is 9.90 Å². The summed E-state index contributed by atoms with van der Waals surface area (Å²) in [5.74, 6) is -0.417. The number of benzene rings is 2. The van der Waals surface area contributed by atoms with Gasteiger partial charge in [-0.1, -0.05) is 50.2 Å². The number of aromatic amines is 1. The first-order valence-electron chi connectivity index (χ1n) is 8.60. The Hall–Kier alpha value is -2.92. The standard InChI is InChI=1S/C21H23N3O2/c1-14(2)21(26,19-12-23-13-24-19)11-15-6-8-16(9-7-15)17-4-3-5-18(10-17)20(22)25/h3-10,12-14,26H,11H2,1-2H3,(H2,22,25)(H,23,24). The van der Waals surface area contributed by atoms with E-state index in [1.165, 1.54) is 0 Å². The molecule has 1 amide bonds. The largest absolute Gasteiger partial charge is 0.383 e. The number of carbonyl (C=O) groups excluding carboxylic acids is 1. The zero-order valence-corrected chi connectivity index (χ0v) is 14.9. The van der Waals surface area contributed by atoms with Gasteiger partial charge in [0, 0.05) is 12.0 Å². The van der Waals surface area contributed by atoms with E-state index in [1.807, 2.05) is 50.2 Å². The van der Waals surface area contributed by atoms with E-state index in [0.29, 0.717) is 17.7 Å². The highest BCUT2D eigenvalue weighted by molar-refractivity contribution is 5.94. The molecule has 3 rings (SSSR count). The first kappa shape index (κ1) is 17.9. The predicted molar refractivity (Wildman–Crippen MR) is 101 cm³/mol. The molecule has 1 heterocycles. The lowest BCUT2D eigenvalue weighted by Gasteiger charge is -2.31. The third-order valence-corrected chi connectivity index (χ3v) is 4.83. The smallest absolute Gasteiger partial charge is 0.248 e. The van der Waals surface area contributed by atoms with Crippen LogP contribution >= 0.6 is 0 Å². The van der Waals surface area contributed by atoms with Crippen LogP contribution < -0.4 is 5.73 Å². The summed E-state index contributed by atoms with van der Waals surface area (Å²) in [6.07, 6.45) is 3.73. The van der Waals surface area contributed by atoms with Crippen molar-refractivity contribution in [2.24, 2.45) is 11.7 Å². The zero-order chi connectivity index (χ0) is 18.7. The normalized spacial score (nSPS) is 13.5. The fraction of sp³-hybridized carbons (Fsp3) is 0.238. The Kier molecular flexibility index (Phi) is 4.91. The number of nitrogens with one attached hydrogen (secondary N) is 1. The van der Waals surface area contributed by atoms with Gasteiger partial charge in [-0.25, -0.2) is 4.98 Å². The van der Waals surface area contributed by atoms with Crippen LogP contribution in [0.3, 0.4) is 0 Å². The van der Waals surface area contributed by atoms with Gasteiger partial charge in [-0.15, -0.1) is 0 Å². The topological polar surface area (TPSA) is 92.0 Å². The average Bonchev–Trinajstić information content (AvgIpc) is 3.17. The van der Waals surface area contributed by atoms with Crippen molar-refractivity contribution >= 4 is 5.91 Å². The summed E-state index contributed by atoms with van der Waals surface area (Å²) in [7, 11) is 0. The molecule has 1 unspecified atom stereocenters. The van der Waals surface area contributed by atoms with Gasteiger partial charge in [0.1, 0.15) is 5.60 Å². The van der Waals surface area contributed by atoms with Crippen LogP contribution in [0.4, 0.5) is 0 Å². The van der Waals surface area contributed by atoms with Crippen LogP contribution in [-0.2, 0) is 12.0 Å². The summed E-state index contributed by atoms with van der Waals surface area (Å²) in [6, 6.07) is 15.2. The molecule has 0 fully saturated rings. The lowest BCUT2D eigenvalue weighted by atomic mass is 9.81. The number of hydrogen-bond acceptors (Lipinski definition) is 3. The number of imidazole rings is 1. The molecule has 0 saturated carbocycles. The SMILES string of the molecule is CC(C)C(O)(Cc1ccc(-c2cccc(C(N)=O)c2)cc1)c1cnc[nH]1. The minimum Gasteiger partial charge on any atom is -0.383 e. The van der Waals surface area contributed by atoms with Crippen molar-refractivity contribution in [3.05, 3.63) is 77.9 Å². The summed E-state index contributed by atoms with van der Waals surface area (Å²) in [5.41, 5.74) is 8.49. The second-order valence-corrected chi connectivity index (χ2v) is 6.86. The second-order valence-electron chi connectivity index (χ2n) is 6.86. The zero-order valence-electron chi connectivity index (χ0n) is 14.9. The van der Waals surface area contributed by atoms with Gasteiger partial charge >= 0.3 is 0 Å². The van der Waals surface area contributed by atoms with Crippen LogP contribution in [-0.4, -0.2) is 21.0 Å². The van der Waals surface area contributed by atoms with Gasteiger partial charge in [-0.05, 0) is 34.7 Å². The molecule has 134 valence electrons. The second kappa shape index (κ2) is 7.14. The van der Waals surface area contributed by atoms with Crippen molar-refractivity contribution in [3.63, 3.8) is 0 Å². The molecule has 0 aliphatic carbocycles. The molecule has 0 aliphatic rings. The van der Waals surface area contributed by atoms with E-state index in [4.69, 9.17) is 5.73 Å². The molecule has 0 saturated heterocycles. The molecule has 5 heteroatoms. The molecule has 2 aromatic carbocycles. The van der Waals surface area contributed by atoms with Crippen molar-refractivity contribution in [2.45, 2.75) is 25.9 Å². The minimum atomic E-state index is -1.01. The van der Waals surface area contributed by atoms with E-state index in [2.05, 4.69) is 9.97 Å². The molecule has 1 aromatic heterocycles. The number of amides is 1. The summed E-state index contributed by atoms with van der Waals surface area (Å²) in [5, 5.41) is 11.2. The number of H-pyrrole nitrogens is 1. The fourth-order valence-electron chi connectivity index (χ4n) is 3.08. The number of hydrogen-bond donors (Lipinski definition) is 3. The minimum absolute atomic E-state index is 0.0230. The lowest BCUT2D eigenvalue weighted by Crippen LogP contribution is -2.35. The van der Waals surface area contributed by atoms with Gasteiger partial charge < -0.3 is 15.8 Å². The quantitative estimate of drug-likeness (QED) is 0.638. The van der Waals surface area contributed by atoms with Crippen molar-refractivity contribution in [2.75, 3.05) is 0 Å². The van der Waals surface area contributed by atoms with Gasteiger partial charge in [-0.2, -0.15) is 0 Å². The Bertz CT molecular complexity index is 886. The molecule has 0 aliphatic heterocycles. The molecule has 0 bridgehead atoms. The number of nitrogens with zero attached hydrogens (tertiary/aromatic N) is 1. The number of primary amides is 1. The predicted octanol–water partition coefficient (Wildman–Crippen LogP) is 3.26. The van der Waals surface area contributed by atoms with Gasteiger partial charge in [-0.3, -0.25) is 4.79 Å². The molecule has 3 aromatic rings. The number of nitrogens with two attached hydrogens (primary N) is 1. The van der Waals surface area contributed by atoms with E-state index in [0.717, 1.165) is 16.7 Å². The van der Waals surface area contributed by atoms with Crippen molar-refractivity contribution in [1.29, 1.82) is 0 Å². The average molecular weight is 349 g/mol. The lowest BCUT2D eigenvalue weighted by molar-refractivity contribution is -0.0137. The molecule has 4 N–H and O–H groups in total. The first-order valence-corrected chi connectivity index (χ1v) is 8.60. The Morgan fingerprint density at radius 3 is 2.50 bits per heavy atom. The summed E-state index contributed by atoms with van der Waals surface area (Å²) >= 11 is 0.